The number of thiazole rings is 1. The van der Waals surface area contributed by atoms with Gasteiger partial charge in [0.25, 0.3) is 0 Å². The van der Waals surface area contributed by atoms with Crippen LogP contribution in [0.3, 0.4) is 0 Å². The van der Waals surface area contributed by atoms with E-state index in [9.17, 15) is 4.79 Å². The van der Waals surface area contributed by atoms with Crippen molar-refractivity contribution in [2.45, 2.75) is 26.4 Å². The topological polar surface area (TPSA) is 57.3 Å². The second-order valence-corrected chi connectivity index (χ2v) is 6.69. The molecule has 0 saturated carbocycles. The summed E-state index contributed by atoms with van der Waals surface area (Å²) in [6.07, 6.45) is 0.953. The highest BCUT2D eigenvalue weighted by atomic mass is 32.1. The Labute approximate surface area is 134 Å². The number of aromatic nitrogens is 1. The summed E-state index contributed by atoms with van der Waals surface area (Å²) in [6.45, 7) is 4.50. The van der Waals surface area contributed by atoms with Gasteiger partial charge in [0.15, 0.2) is 5.13 Å². The van der Waals surface area contributed by atoms with Crippen LogP contribution >= 0.6 is 11.3 Å². The predicted octanol–water partition coefficient (Wildman–Crippen LogP) is 2.76. The highest BCUT2D eigenvalue weighted by molar-refractivity contribution is 7.15. The smallest absolute Gasteiger partial charge is 0.321 e. The number of carbonyl (C=O) groups is 1. The van der Waals surface area contributed by atoms with Crippen LogP contribution in [0.15, 0.2) is 24.3 Å². The van der Waals surface area contributed by atoms with E-state index in [2.05, 4.69) is 27.6 Å². The highest BCUT2D eigenvalue weighted by Crippen LogP contribution is 2.27. The number of anilines is 1. The zero-order valence-electron chi connectivity index (χ0n) is 12.8. The molecular weight excluding hydrogens is 296 g/mol. The van der Waals surface area contributed by atoms with Crippen LogP contribution in [0.25, 0.3) is 0 Å². The molecule has 2 N–H and O–H groups in total. The minimum Gasteiger partial charge on any atom is -0.334 e. The summed E-state index contributed by atoms with van der Waals surface area (Å²) < 4.78 is 0. The Morgan fingerprint density at radius 2 is 2.23 bits per heavy atom. The minimum atomic E-state index is -0.206. The van der Waals surface area contributed by atoms with Crippen molar-refractivity contribution in [1.29, 1.82) is 0 Å². The normalized spacial score (nSPS) is 14.5. The molecule has 116 valence electrons. The summed E-state index contributed by atoms with van der Waals surface area (Å²) in [4.78, 5) is 20.0. The van der Waals surface area contributed by atoms with Crippen molar-refractivity contribution in [2.75, 3.05) is 18.9 Å². The molecule has 2 heterocycles. The van der Waals surface area contributed by atoms with E-state index in [1.165, 1.54) is 10.4 Å². The van der Waals surface area contributed by atoms with Crippen molar-refractivity contribution >= 4 is 22.5 Å². The molecule has 1 aromatic carbocycles. The van der Waals surface area contributed by atoms with Crippen LogP contribution in [0.4, 0.5) is 9.93 Å². The van der Waals surface area contributed by atoms with Crippen LogP contribution < -0.4 is 10.6 Å². The van der Waals surface area contributed by atoms with Crippen LogP contribution in [0.5, 0.6) is 0 Å². The van der Waals surface area contributed by atoms with Crippen LogP contribution in [0.2, 0.25) is 0 Å². The molecule has 5 nitrogen and oxygen atoms in total. The monoisotopic (exact) mass is 316 g/mol. The number of rotatable bonds is 3. The summed E-state index contributed by atoms with van der Waals surface area (Å²) in [5.41, 5.74) is 3.42. The molecule has 6 heteroatoms. The second kappa shape index (κ2) is 6.46. The maximum atomic E-state index is 12.0. The molecule has 1 aliphatic rings. The van der Waals surface area contributed by atoms with Crippen molar-refractivity contribution in [2.24, 2.45) is 0 Å². The molecule has 3 rings (SSSR count). The number of fused-ring (bicyclic) bond motifs is 1. The van der Waals surface area contributed by atoms with Crippen molar-refractivity contribution in [3.8, 4) is 0 Å². The summed E-state index contributed by atoms with van der Waals surface area (Å²) in [5.74, 6) is 0. The van der Waals surface area contributed by atoms with Crippen molar-refractivity contribution in [3.05, 3.63) is 46.0 Å². The quantitative estimate of drug-likeness (QED) is 0.915. The Balaban J connectivity index is 1.57. The van der Waals surface area contributed by atoms with E-state index in [1.807, 2.05) is 31.2 Å². The summed E-state index contributed by atoms with van der Waals surface area (Å²) in [7, 11) is 2.10. The van der Waals surface area contributed by atoms with E-state index in [0.717, 1.165) is 30.8 Å². The predicted molar refractivity (Wildman–Crippen MR) is 89.2 cm³/mol. The molecule has 0 radical (unpaired) electrons. The standard InChI is InChI=1S/C16H20N4OS/c1-11-5-3-4-6-12(11)9-17-15(21)19-16-18-13-7-8-20(2)10-14(13)22-16/h3-6H,7-10H2,1-2H3,(H2,17,18,19,21). The zero-order chi connectivity index (χ0) is 15.5. The van der Waals surface area contributed by atoms with Gasteiger partial charge >= 0.3 is 6.03 Å². The van der Waals surface area contributed by atoms with E-state index in [-0.39, 0.29) is 6.03 Å². The van der Waals surface area contributed by atoms with E-state index >= 15 is 0 Å². The van der Waals surface area contributed by atoms with Gasteiger partial charge in [-0.2, -0.15) is 0 Å². The van der Waals surface area contributed by atoms with E-state index < -0.39 is 0 Å². The zero-order valence-corrected chi connectivity index (χ0v) is 13.7. The Morgan fingerprint density at radius 1 is 1.41 bits per heavy atom. The molecule has 0 spiro atoms. The Morgan fingerprint density at radius 3 is 3.05 bits per heavy atom. The van der Waals surface area contributed by atoms with Gasteiger partial charge in [-0.25, -0.2) is 9.78 Å². The van der Waals surface area contributed by atoms with E-state index in [4.69, 9.17) is 0 Å². The van der Waals surface area contributed by atoms with Gasteiger partial charge in [-0.1, -0.05) is 24.3 Å². The molecule has 1 aromatic heterocycles. The molecule has 0 unspecified atom stereocenters. The van der Waals surface area contributed by atoms with Gasteiger partial charge < -0.3 is 10.2 Å². The van der Waals surface area contributed by atoms with Gasteiger partial charge in [-0.15, -0.1) is 11.3 Å². The summed E-state index contributed by atoms with van der Waals surface area (Å²) >= 11 is 1.57. The Hall–Kier alpha value is -1.92. The van der Waals surface area contributed by atoms with Crippen LogP contribution in [-0.4, -0.2) is 29.5 Å². The third-order valence-corrected chi connectivity index (χ3v) is 4.84. The Bertz CT molecular complexity index is 683. The van der Waals surface area contributed by atoms with Gasteiger partial charge in [-0.3, -0.25) is 5.32 Å². The lowest BCUT2D eigenvalue weighted by Gasteiger charge is -2.20. The maximum Gasteiger partial charge on any atom is 0.321 e. The third kappa shape index (κ3) is 3.45. The first-order chi connectivity index (χ1) is 10.6. The molecule has 22 heavy (non-hydrogen) atoms. The highest BCUT2D eigenvalue weighted by Gasteiger charge is 2.19. The van der Waals surface area contributed by atoms with Gasteiger partial charge in [0.2, 0.25) is 0 Å². The lowest BCUT2D eigenvalue weighted by atomic mass is 10.1. The molecule has 0 fully saturated rings. The lowest BCUT2D eigenvalue weighted by molar-refractivity contribution is 0.251. The molecule has 2 aromatic rings. The second-order valence-electron chi connectivity index (χ2n) is 5.61. The number of likely N-dealkylation sites (N-methyl/N-ethyl adjacent to an activating group) is 1. The minimum absolute atomic E-state index is 0.206. The summed E-state index contributed by atoms with van der Waals surface area (Å²) in [5, 5.41) is 6.41. The Kier molecular flexibility index (Phi) is 4.40. The molecule has 0 aliphatic carbocycles. The van der Waals surface area contributed by atoms with Crippen LogP contribution in [0, 0.1) is 6.92 Å². The molecule has 0 atom stereocenters. The first-order valence-corrected chi connectivity index (χ1v) is 8.20. The number of hydrogen-bond donors (Lipinski definition) is 2. The van der Waals surface area contributed by atoms with Crippen molar-refractivity contribution in [3.63, 3.8) is 0 Å². The molecule has 2 amide bonds. The fourth-order valence-electron chi connectivity index (χ4n) is 2.50. The van der Waals surface area contributed by atoms with Crippen molar-refractivity contribution in [1.82, 2.24) is 15.2 Å². The number of benzene rings is 1. The van der Waals surface area contributed by atoms with Gasteiger partial charge in [0.05, 0.1) is 5.69 Å². The number of nitrogens with one attached hydrogen (secondary N) is 2. The van der Waals surface area contributed by atoms with E-state index in [0.29, 0.717) is 11.7 Å². The van der Waals surface area contributed by atoms with Gasteiger partial charge in [-0.05, 0) is 25.1 Å². The molecule has 1 aliphatic heterocycles. The lowest BCUT2D eigenvalue weighted by Crippen LogP contribution is -2.28. The van der Waals surface area contributed by atoms with Crippen LogP contribution in [0.1, 0.15) is 21.7 Å². The van der Waals surface area contributed by atoms with Crippen LogP contribution in [-0.2, 0) is 19.5 Å². The van der Waals surface area contributed by atoms with Crippen molar-refractivity contribution < 1.29 is 4.79 Å². The number of hydrogen-bond acceptors (Lipinski definition) is 4. The largest absolute Gasteiger partial charge is 0.334 e. The molecule has 0 saturated heterocycles. The number of nitrogens with zero attached hydrogens (tertiary/aromatic N) is 2. The molecule has 0 bridgehead atoms. The third-order valence-electron chi connectivity index (χ3n) is 3.84. The fraction of sp³-hybridized carbons (Fsp3) is 0.375. The van der Waals surface area contributed by atoms with E-state index in [1.54, 1.807) is 11.3 Å². The van der Waals surface area contributed by atoms with Gasteiger partial charge in [0, 0.05) is 30.9 Å². The molecular formula is C16H20N4OS. The number of carbonyl (C=O) groups excluding carboxylic acids is 1. The maximum absolute atomic E-state index is 12.0. The first-order valence-electron chi connectivity index (χ1n) is 7.38. The summed E-state index contributed by atoms with van der Waals surface area (Å²) in [6, 6.07) is 7.83. The number of aryl methyl sites for hydroxylation is 1. The van der Waals surface area contributed by atoms with Gasteiger partial charge in [0.1, 0.15) is 0 Å². The average Bonchev–Trinajstić information content (AvgIpc) is 2.87. The SMILES string of the molecule is Cc1ccccc1CNC(=O)Nc1nc2c(s1)CN(C)CC2. The average molecular weight is 316 g/mol. The fourth-order valence-corrected chi connectivity index (χ4v) is 3.59. The number of amides is 2. The first kappa shape index (κ1) is 15.0. The number of urea groups is 1.